The molecule has 0 aromatic heterocycles. The van der Waals surface area contributed by atoms with Crippen LogP contribution in [-0.4, -0.2) is 21.8 Å². The van der Waals surface area contributed by atoms with E-state index in [1.807, 2.05) is 84.9 Å². The van der Waals surface area contributed by atoms with E-state index in [-0.39, 0.29) is 33.8 Å². The largest absolute Gasteiger partial charge is 0.507 e. The van der Waals surface area contributed by atoms with Crippen molar-refractivity contribution in [3.05, 3.63) is 178 Å². The van der Waals surface area contributed by atoms with Gasteiger partial charge < -0.3 is 20.8 Å². The molecule has 0 saturated heterocycles. The molecule has 0 bridgehead atoms. The van der Waals surface area contributed by atoms with Crippen LogP contribution < -0.4 is 10.6 Å². The molecular formula is C40H30N2O4. The average Bonchev–Trinajstić information content (AvgIpc) is 3.08. The normalized spacial score (nSPS) is 11.9. The Balaban J connectivity index is 1.17. The van der Waals surface area contributed by atoms with Gasteiger partial charge in [-0.1, -0.05) is 84.9 Å². The Kier molecular flexibility index (Phi) is 7.53. The van der Waals surface area contributed by atoms with E-state index in [9.17, 15) is 19.8 Å². The number of hydrogen-bond donors (Lipinski definition) is 4. The van der Waals surface area contributed by atoms with Gasteiger partial charge in [0.2, 0.25) is 11.6 Å². The Labute approximate surface area is 266 Å². The summed E-state index contributed by atoms with van der Waals surface area (Å²) in [6.07, 6.45) is 1.57. The number of carbonyl (C=O) groups is 2. The van der Waals surface area contributed by atoms with Crippen LogP contribution in [0, 0.1) is 0 Å². The first kappa shape index (κ1) is 28.6. The fraction of sp³-hybridized carbons (Fsp3) is 0.0500. The van der Waals surface area contributed by atoms with Crippen molar-refractivity contribution in [2.75, 3.05) is 10.6 Å². The molecule has 6 aromatic rings. The molecule has 0 atom stereocenters. The molecule has 0 heterocycles. The Hall–Kier alpha value is -6.14. The molecule has 1 aliphatic rings. The molecule has 0 fully saturated rings. The smallest absolute Gasteiger partial charge is 0.200 e. The summed E-state index contributed by atoms with van der Waals surface area (Å²) in [5.41, 5.74) is 6.63. The number of benzene rings is 6. The van der Waals surface area contributed by atoms with E-state index in [2.05, 4.69) is 34.9 Å². The van der Waals surface area contributed by atoms with Crippen molar-refractivity contribution in [1.82, 2.24) is 0 Å². The fourth-order valence-electron chi connectivity index (χ4n) is 5.96. The second-order valence-electron chi connectivity index (χ2n) is 11.4. The van der Waals surface area contributed by atoms with Gasteiger partial charge in [-0.15, -0.1) is 0 Å². The molecule has 4 N–H and O–H groups in total. The summed E-state index contributed by atoms with van der Waals surface area (Å²) in [4.78, 5) is 28.1. The van der Waals surface area contributed by atoms with Gasteiger partial charge in [-0.05, 0) is 83.6 Å². The van der Waals surface area contributed by atoms with Crippen LogP contribution in [0.3, 0.4) is 0 Å². The van der Waals surface area contributed by atoms with E-state index in [0.717, 1.165) is 24.0 Å². The molecule has 6 nitrogen and oxygen atoms in total. The molecule has 46 heavy (non-hydrogen) atoms. The third kappa shape index (κ3) is 5.60. The lowest BCUT2D eigenvalue weighted by Gasteiger charge is -2.24. The zero-order chi connectivity index (χ0) is 31.6. The van der Waals surface area contributed by atoms with Crippen molar-refractivity contribution in [2.24, 2.45) is 0 Å². The van der Waals surface area contributed by atoms with Gasteiger partial charge in [0, 0.05) is 11.4 Å². The molecule has 0 aliphatic heterocycles. The van der Waals surface area contributed by atoms with Gasteiger partial charge in [-0.25, -0.2) is 0 Å². The predicted molar refractivity (Wildman–Crippen MR) is 181 cm³/mol. The number of carbonyl (C=O) groups excluding carboxylic acids is 2. The van der Waals surface area contributed by atoms with Crippen molar-refractivity contribution in [3.8, 4) is 11.5 Å². The number of aromatic hydroxyl groups is 2. The maximum Gasteiger partial charge on any atom is 0.200 e. The minimum absolute atomic E-state index is 0.0172. The molecule has 1 aliphatic carbocycles. The molecule has 0 radical (unpaired) electrons. The number of phenols is 2. The number of anilines is 4. The van der Waals surface area contributed by atoms with Gasteiger partial charge in [0.15, 0.2) is 0 Å². The van der Waals surface area contributed by atoms with E-state index >= 15 is 0 Å². The molecule has 7 rings (SSSR count). The maximum atomic E-state index is 14.0. The van der Waals surface area contributed by atoms with Crippen LogP contribution in [0.1, 0.15) is 54.1 Å². The van der Waals surface area contributed by atoms with Crippen LogP contribution in [0.5, 0.6) is 11.5 Å². The van der Waals surface area contributed by atoms with Gasteiger partial charge in [-0.2, -0.15) is 0 Å². The third-order valence-electron chi connectivity index (χ3n) is 8.24. The van der Waals surface area contributed by atoms with E-state index in [1.165, 1.54) is 23.3 Å². The van der Waals surface area contributed by atoms with Gasteiger partial charge in [-0.3, -0.25) is 9.59 Å². The Bertz CT molecular complexity index is 1920. The number of hydrogen-bond acceptors (Lipinski definition) is 6. The zero-order valence-corrected chi connectivity index (χ0v) is 24.8. The molecule has 0 amide bonds. The van der Waals surface area contributed by atoms with Gasteiger partial charge >= 0.3 is 0 Å². The second-order valence-corrected chi connectivity index (χ2v) is 11.4. The van der Waals surface area contributed by atoms with Crippen LogP contribution in [-0.2, 0) is 12.8 Å². The highest BCUT2D eigenvalue weighted by molar-refractivity contribution is 6.33. The number of rotatable bonds is 8. The number of fused-ring (bicyclic) bond motifs is 2. The Morgan fingerprint density at radius 1 is 0.391 bits per heavy atom. The van der Waals surface area contributed by atoms with Crippen molar-refractivity contribution in [3.63, 3.8) is 0 Å². The van der Waals surface area contributed by atoms with Gasteiger partial charge in [0.25, 0.3) is 0 Å². The van der Waals surface area contributed by atoms with Crippen molar-refractivity contribution in [1.29, 1.82) is 0 Å². The Morgan fingerprint density at radius 3 is 1.11 bits per heavy atom. The maximum absolute atomic E-state index is 14.0. The third-order valence-corrected chi connectivity index (χ3v) is 8.24. The van der Waals surface area contributed by atoms with Crippen molar-refractivity contribution in [2.45, 2.75) is 12.8 Å². The standard InChI is InChI=1S/C40H30N2O4/c43-33-21-19-31(41-29-15-11-27(12-16-29)23-25-7-3-1-4-8-25)35-37(33)40(46)36-32(20-22-34(44)38(36)39(35)45)42-30-17-13-28(14-18-30)24-26-9-5-2-6-10-26/h1-22,41-44H,23-24H2. The number of ketones is 2. The highest BCUT2D eigenvalue weighted by Crippen LogP contribution is 2.43. The minimum Gasteiger partial charge on any atom is -0.507 e. The quantitative estimate of drug-likeness (QED) is 0.130. The van der Waals surface area contributed by atoms with Crippen LogP contribution >= 0.6 is 0 Å². The predicted octanol–water partition coefficient (Wildman–Crippen LogP) is 8.54. The zero-order valence-electron chi connectivity index (χ0n) is 24.8. The summed E-state index contributed by atoms with van der Waals surface area (Å²) in [5, 5.41) is 28.2. The van der Waals surface area contributed by atoms with Crippen LogP contribution in [0.15, 0.2) is 133 Å². The van der Waals surface area contributed by atoms with Crippen LogP contribution in [0.2, 0.25) is 0 Å². The topological polar surface area (TPSA) is 98.7 Å². The van der Waals surface area contributed by atoms with Gasteiger partial charge in [0.05, 0.1) is 33.6 Å². The first-order valence-electron chi connectivity index (χ1n) is 15.1. The molecule has 6 heteroatoms. The van der Waals surface area contributed by atoms with E-state index in [1.54, 1.807) is 12.1 Å². The van der Waals surface area contributed by atoms with E-state index in [0.29, 0.717) is 22.7 Å². The first-order chi connectivity index (χ1) is 22.4. The first-order valence-corrected chi connectivity index (χ1v) is 15.1. The summed E-state index contributed by atoms with van der Waals surface area (Å²) in [5.74, 6) is -1.71. The molecule has 6 aromatic carbocycles. The van der Waals surface area contributed by atoms with E-state index < -0.39 is 11.6 Å². The van der Waals surface area contributed by atoms with Crippen LogP contribution in [0.4, 0.5) is 22.7 Å². The summed E-state index contributed by atoms with van der Waals surface area (Å²) < 4.78 is 0. The molecular weight excluding hydrogens is 572 g/mol. The fourth-order valence-corrected chi connectivity index (χ4v) is 5.96. The Morgan fingerprint density at radius 2 is 0.739 bits per heavy atom. The lowest BCUT2D eigenvalue weighted by atomic mass is 9.81. The summed E-state index contributed by atoms with van der Waals surface area (Å²) >= 11 is 0. The molecule has 0 spiro atoms. The lowest BCUT2D eigenvalue weighted by Crippen LogP contribution is -2.23. The van der Waals surface area contributed by atoms with Crippen molar-refractivity contribution >= 4 is 34.3 Å². The van der Waals surface area contributed by atoms with Crippen LogP contribution in [0.25, 0.3) is 0 Å². The molecule has 0 saturated carbocycles. The summed E-state index contributed by atoms with van der Waals surface area (Å²) in [6.45, 7) is 0. The average molecular weight is 603 g/mol. The van der Waals surface area contributed by atoms with Crippen molar-refractivity contribution < 1.29 is 19.8 Å². The minimum atomic E-state index is -0.553. The number of phenolic OH excluding ortho intramolecular Hbond substituents is 2. The molecule has 0 unspecified atom stereocenters. The lowest BCUT2D eigenvalue weighted by molar-refractivity contribution is 0.0975. The monoisotopic (exact) mass is 602 g/mol. The highest BCUT2D eigenvalue weighted by atomic mass is 16.3. The number of nitrogens with one attached hydrogen (secondary N) is 2. The summed E-state index contributed by atoms with van der Waals surface area (Å²) in [7, 11) is 0. The second kappa shape index (κ2) is 12.1. The van der Waals surface area contributed by atoms with E-state index in [4.69, 9.17) is 0 Å². The summed E-state index contributed by atoms with van der Waals surface area (Å²) in [6, 6.07) is 41.9. The molecule has 224 valence electrons. The van der Waals surface area contributed by atoms with Gasteiger partial charge in [0.1, 0.15) is 11.5 Å². The highest BCUT2D eigenvalue weighted by Gasteiger charge is 2.38. The SMILES string of the molecule is O=C1c2c(O)ccc(Nc3ccc(Cc4ccccc4)cc3)c2C(=O)c2c(O)ccc(Nc3ccc(Cc4ccccc4)cc3)c21.